The standard InChI is InChI=1S/C29H24ClF3N4O/c1-18-11-12-19(2)37(18)26-10-6-5-9-24(26)36-28(38)21-15-13-20(14-16-21)25(17-27(34)29(31,32)33)35-23-8-4-3-7-22(23)30/h3-17,34-35H,1-2H3,(H,36,38)/b25-17-,34-27?. The van der Waals surface area contributed by atoms with Crippen molar-refractivity contribution in [3.05, 3.63) is 119 Å². The number of halogens is 4. The first kappa shape index (κ1) is 26.8. The Morgan fingerprint density at radius 3 is 1.97 bits per heavy atom. The molecule has 4 rings (SSSR count). The molecule has 0 bridgehead atoms. The molecule has 9 heteroatoms. The summed E-state index contributed by atoms with van der Waals surface area (Å²) >= 11 is 6.17. The number of amides is 1. The highest BCUT2D eigenvalue weighted by molar-refractivity contribution is 6.33. The minimum Gasteiger partial charge on any atom is -0.354 e. The van der Waals surface area contributed by atoms with Gasteiger partial charge in [0.1, 0.15) is 5.71 Å². The lowest BCUT2D eigenvalue weighted by Gasteiger charge is -2.16. The van der Waals surface area contributed by atoms with E-state index in [0.717, 1.165) is 17.1 Å². The van der Waals surface area contributed by atoms with Gasteiger partial charge >= 0.3 is 6.18 Å². The highest BCUT2D eigenvalue weighted by Crippen LogP contribution is 2.28. The van der Waals surface area contributed by atoms with Crippen molar-refractivity contribution in [2.45, 2.75) is 20.0 Å². The van der Waals surface area contributed by atoms with Gasteiger partial charge in [-0.1, -0.05) is 48.0 Å². The van der Waals surface area contributed by atoms with Gasteiger partial charge in [-0.2, -0.15) is 13.2 Å². The number of hydrogen-bond donors (Lipinski definition) is 3. The molecule has 194 valence electrons. The molecule has 4 aromatic rings. The van der Waals surface area contributed by atoms with Gasteiger partial charge in [-0.05, 0) is 74.0 Å². The first-order valence-corrected chi connectivity index (χ1v) is 12.0. The topological polar surface area (TPSA) is 69.9 Å². The molecule has 0 unspecified atom stereocenters. The number of anilines is 2. The van der Waals surface area contributed by atoms with Crippen molar-refractivity contribution >= 4 is 40.3 Å². The summed E-state index contributed by atoms with van der Waals surface area (Å²) in [5, 5.41) is 13.6. The van der Waals surface area contributed by atoms with Gasteiger partial charge in [0.2, 0.25) is 0 Å². The molecule has 0 aliphatic carbocycles. The third kappa shape index (κ3) is 5.98. The second-order valence-corrected chi connectivity index (χ2v) is 8.98. The Labute approximate surface area is 223 Å². The number of nitrogens with zero attached hydrogens (tertiary/aromatic N) is 1. The van der Waals surface area contributed by atoms with E-state index in [1.807, 2.05) is 48.7 Å². The summed E-state index contributed by atoms with van der Waals surface area (Å²) < 4.78 is 41.4. The van der Waals surface area contributed by atoms with Crippen LogP contribution >= 0.6 is 11.6 Å². The van der Waals surface area contributed by atoms with Gasteiger partial charge in [0.15, 0.2) is 0 Å². The fourth-order valence-corrected chi connectivity index (χ4v) is 4.13. The predicted molar refractivity (Wildman–Crippen MR) is 146 cm³/mol. The Morgan fingerprint density at radius 2 is 1.37 bits per heavy atom. The molecule has 0 aliphatic heterocycles. The van der Waals surface area contributed by atoms with Gasteiger partial charge in [-0.25, -0.2) is 0 Å². The average Bonchev–Trinajstić information content (AvgIpc) is 3.22. The smallest absolute Gasteiger partial charge is 0.354 e. The molecule has 0 aliphatic rings. The van der Waals surface area contributed by atoms with E-state index in [9.17, 15) is 18.0 Å². The van der Waals surface area contributed by atoms with Crippen LogP contribution in [0.5, 0.6) is 0 Å². The lowest BCUT2D eigenvalue weighted by atomic mass is 10.1. The van der Waals surface area contributed by atoms with Crippen molar-refractivity contribution in [1.82, 2.24) is 4.57 Å². The summed E-state index contributed by atoms with van der Waals surface area (Å²) in [4.78, 5) is 13.1. The Balaban J connectivity index is 1.62. The highest BCUT2D eigenvalue weighted by atomic mass is 35.5. The van der Waals surface area contributed by atoms with Crippen LogP contribution in [-0.4, -0.2) is 22.4 Å². The number of nitrogens with one attached hydrogen (secondary N) is 3. The average molecular weight is 537 g/mol. The van der Waals surface area contributed by atoms with E-state index in [4.69, 9.17) is 17.0 Å². The molecule has 3 N–H and O–H groups in total. The Morgan fingerprint density at radius 1 is 0.816 bits per heavy atom. The number of benzene rings is 3. The van der Waals surface area contributed by atoms with E-state index in [2.05, 4.69) is 10.6 Å². The summed E-state index contributed by atoms with van der Waals surface area (Å²) in [7, 11) is 0. The van der Waals surface area contributed by atoms with Gasteiger partial charge in [-0.15, -0.1) is 0 Å². The van der Waals surface area contributed by atoms with Crippen molar-refractivity contribution in [2.75, 3.05) is 10.6 Å². The molecular formula is C29H24ClF3N4O. The zero-order valence-electron chi connectivity index (χ0n) is 20.5. The number of rotatable bonds is 7. The molecule has 0 fully saturated rings. The second-order valence-electron chi connectivity index (χ2n) is 8.57. The number of carbonyl (C=O) groups excluding carboxylic acids is 1. The second kappa shape index (κ2) is 11.0. The molecule has 0 atom stereocenters. The molecular weight excluding hydrogens is 513 g/mol. The number of carbonyl (C=O) groups is 1. The van der Waals surface area contributed by atoms with Gasteiger partial charge in [0.05, 0.1) is 22.1 Å². The summed E-state index contributed by atoms with van der Waals surface area (Å²) in [6.07, 6.45) is -4.13. The van der Waals surface area contributed by atoms with Crippen LogP contribution in [0.4, 0.5) is 24.5 Å². The lowest BCUT2D eigenvalue weighted by molar-refractivity contribution is -0.0583. The molecule has 0 saturated carbocycles. The van der Waals surface area contributed by atoms with E-state index in [0.29, 0.717) is 33.6 Å². The summed E-state index contributed by atoms with van der Waals surface area (Å²) in [6.45, 7) is 3.95. The monoisotopic (exact) mass is 536 g/mol. The maximum Gasteiger partial charge on any atom is 0.432 e. The minimum atomic E-state index is -4.82. The number of alkyl halides is 3. The molecule has 1 heterocycles. The van der Waals surface area contributed by atoms with Crippen molar-refractivity contribution in [3.8, 4) is 5.69 Å². The van der Waals surface area contributed by atoms with E-state index in [1.54, 1.807) is 30.3 Å². The van der Waals surface area contributed by atoms with Gasteiger partial charge < -0.3 is 15.2 Å². The van der Waals surface area contributed by atoms with Crippen LogP contribution in [0.1, 0.15) is 27.3 Å². The normalized spacial score (nSPS) is 11.8. The molecule has 38 heavy (non-hydrogen) atoms. The highest BCUT2D eigenvalue weighted by Gasteiger charge is 2.33. The van der Waals surface area contributed by atoms with Gasteiger partial charge in [-0.3, -0.25) is 10.2 Å². The fourth-order valence-electron chi connectivity index (χ4n) is 3.94. The molecule has 0 saturated heterocycles. The summed E-state index contributed by atoms with van der Waals surface area (Å²) in [5.41, 5.74) is 2.98. The maximum absolute atomic E-state index is 13.1. The van der Waals surface area contributed by atoms with Crippen LogP contribution in [0.25, 0.3) is 11.4 Å². The molecule has 1 amide bonds. The van der Waals surface area contributed by atoms with Crippen LogP contribution in [0.15, 0.2) is 91.0 Å². The fraction of sp³-hybridized carbons (Fsp3) is 0.103. The predicted octanol–water partition coefficient (Wildman–Crippen LogP) is 8.03. The Kier molecular flexibility index (Phi) is 7.73. The van der Waals surface area contributed by atoms with E-state index < -0.39 is 11.9 Å². The molecule has 0 spiro atoms. The molecule has 0 radical (unpaired) electrons. The number of allylic oxidation sites excluding steroid dienone is 1. The van der Waals surface area contributed by atoms with Gasteiger partial charge in [0.25, 0.3) is 5.91 Å². The zero-order chi connectivity index (χ0) is 27.4. The van der Waals surface area contributed by atoms with Crippen LogP contribution in [0.2, 0.25) is 5.02 Å². The third-order valence-corrected chi connectivity index (χ3v) is 6.19. The number of para-hydroxylation sites is 3. The van der Waals surface area contributed by atoms with Crippen LogP contribution < -0.4 is 10.6 Å². The maximum atomic E-state index is 13.1. The van der Waals surface area contributed by atoms with Crippen molar-refractivity contribution in [3.63, 3.8) is 0 Å². The SMILES string of the molecule is Cc1ccc(C)n1-c1ccccc1NC(=O)c1ccc(/C(=C/C(=N)C(F)(F)F)Nc2ccccc2Cl)cc1. The largest absolute Gasteiger partial charge is 0.432 e. The Bertz CT molecular complexity index is 1500. The number of aryl methyl sites for hydroxylation is 2. The zero-order valence-corrected chi connectivity index (χ0v) is 21.3. The van der Waals surface area contributed by atoms with Crippen LogP contribution in [0, 0.1) is 19.3 Å². The molecule has 5 nitrogen and oxygen atoms in total. The third-order valence-electron chi connectivity index (χ3n) is 5.86. The first-order valence-electron chi connectivity index (χ1n) is 11.6. The lowest BCUT2D eigenvalue weighted by Crippen LogP contribution is -2.20. The quantitative estimate of drug-likeness (QED) is 0.209. The van der Waals surface area contributed by atoms with Crippen LogP contribution in [0.3, 0.4) is 0 Å². The van der Waals surface area contributed by atoms with Crippen molar-refractivity contribution < 1.29 is 18.0 Å². The first-order chi connectivity index (χ1) is 18.0. The molecule has 1 aromatic heterocycles. The van der Waals surface area contributed by atoms with Gasteiger partial charge in [0, 0.05) is 22.6 Å². The summed E-state index contributed by atoms with van der Waals surface area (Å²) in [6, 6.07) is 24.0. The van der Waals surface area contributed by atoms with E-state index >= 15 is 0 Å². The van der Waals surface area contributed by atoms with E-state index in [-0.39, 0.29) is 11.6 Å². The molecule has 3 aromatic carbocycles. The summed E-state index contributed by atoms with van der Waals surface area (Å²) in [5.74, 6) is -0.376. The Hall–Kier alpha value is -4.30. The minimum absolute atomic E-state index is 0.0105. The van der Waals surface area contributed by atoms with Crippen molar-refractivity contribution in [2.24, 2.45) is 0 Å². The van der Waals surface area contributed by atoms with E-state index in [1.165, 1.54) is 24.3 Å². The van der Waals surface area contributed by atoms with Crippen LogP contribution in [-0.2, 0) is 0 Å². The number of hydrogen-bond acceptors (Lipinski definition) is 3. The van der Waals surface area contributed by atoms with Crippen molar-refractivity contribution in [1.29, 1.82) is 5.41 Å². The number of aromatic nitrogens is 1.